The molecule has 0 aliphatic heterocycles. The molecule has 0 unspecified atom stereocenters. The highest BCUT2D eigenvalue weighted by Crippen LogP contribution is 2.47. The van der Waals surface area contributed by atoms with Crippen LogP contribution in [0.2, 0.25) is 0 Å². The molecule has 1 nitrogen and oxygen atoms in total. The lowest BCUT2D eigenvalue weighted by atomic mass is 9.96. The minimum absolute atomic E-state index is 0.753. The monoisotopic (exact) mass is 259 g/mol. The van der Waals surface area contributed by atoms with Crippen molar-refractivity contribution in [2.45, 2.75) is 12.8 Å². The highest BCUT2D eigenvalue weighted by atomic mass is 14.5. The Morgan fingerprint density at radius 3 is 2.15 bits per heavy atom. The molecule has 0 radical (unpaired) electrons. The molecule has 3 aromatic carbocycles. The maximum atomic E-state index is 5.66. The molecule has 1 heteroatoms. The minimum Gasteiger partial charge on any atom is -0.330 e. The van der Waals surface area contributed by atoms with E-state index in [2.05, 4.69) is 54.6 Å². The lowest BCUT2D eigenvalue weighted by Crippen LogP contribution is -2.00. The van der Waals surface area contributed by atoms with Gasteiger partial charge in [-0.15, -0.1) is 0 Å². The lowest BCUT2D eigenvalue weighted by Gasteiger charge is -2.08. The molecule has 0 saturated heterocycles. The Bertz CT molecular complexity index is 773. The molecular weight excluding hydrogens is 242 g/mol. The van der Waals surface area contributed by atoms with Crippen molar-refractivity contribution in [3.05, 3.63) is 60.2 Å². The number of rotatable bonds is 3. The molecule has 0 spiro atoms. The Hall–Kier alpha value is -2.12. The van der Waals surface area contributed by atoms with Crippen molar-refractivity contribution in [1.29, 1.82) is 0 Å². The van der Waals surface area contributed by atoms with Gasteiger partial charge in [0.05, 0.1) is 0 Å². The van der Waals surface area contributed by atoms with Crippen LogP contribution in [-0.2, 0) is 6.42 Å². The summed E-state index contributed by atoms with van der Waals surface area (Å²) in [5.74, 6) is 0. The van der Waals surface area contributed by atoms with Gasteiger partial charge in [-0.1, -0.05) is 54.6 Å². The number of aryl methyl sites for hydroxylation is 1. The van der Waals surface area contributed by atoms with E-state index in [4.69, 9.17) is 5.73 Å². The summed E-state index contributed by atoms with van der Waals surface area (Å²) in [5, 5.41) is 2.81. The van der Waals surface area contributed by atoms with Gasteiger partial charge in [-0.05, 0) is 58.0 Å². The minimum atomic E-state index is 0.753. The van der Waals surface area contributed by atoms with Gasteiger partial charge in [0, 0.05) is 0 Å². The zero-order valence-corrected chi connectivity index (χ0v) is 11.4. The number of benzene rings is 3. The highest BCUT2D eigenvalue weighted by molar-refractivity contribution is 6.15. The molecule has 1 aliphatic carbocycles. The van der Waals surface area contributed by atoms with E-state index in [1.54, 1.807) is 0 Å². The third-order valence-electron chi connectivity index (χ3n) is 4.29. The van der Waals surface area contributed by atoms with Crippen molar-refractivity contribution in [2.24, 2.45) is 5.73 Å². The highest BCUT2D eigenvalue weighted by Gasteiger charge is 2.21. The summed E-state index contributed by atoms with van der Waals surface area (Å²) in [6, 6.07) is 19.9. The fourth-order valence-electron chi connectivity index (χ4n) is 3.38. The summed E-state index contributed by atoms with van der Waals surface area (Å²) >= 11 is 0. The number of hydrogen-bond donors (Lipinski definition) is 1. The van der Waals surface area contributed by atoms with Gasteiger partial charge in [-0.3, -0.25) is 0 Å². The molecule has 0 fully saturated rings. The predicted octanol–water partition coefficient (Wildman–Crippen LogP) is 4.38. The van der Waals surface area contributed by atoms with E-state index >= 15 is 0 Å². The van der Waals surface area contributed by atoms with Gasteiger partial charge in [0.25, 0.3) is 0 Å². The molecule has 0 amide bonds. The SMILES string of the molecule is NCCCc1ccc2c3c(cccc13)-c1ccccc1-2. The third-order valence-corrected chi connectivity index (χ3v) is 4.29. The second-order valence-electron chi connectivity index (χ2n) is 5.44. The van der Waals surface area contributed by atoms with Crippen LogP contribution < -0.4 is 5.73 Å². The molecule has 0 atom stereocenters. The molecule has 98 valence electrons. The standard InChI is InChI=1S/C19H17N/c20-12-4-5-13-10-11-18-16-7-2-1-6-15(16)17-9-3-8-14(13)19(17)18/h1-3,6-11H,4-5,12,20H2. The van der Waals surface area contributed by atoms with Crippen molar-refractivity contribution in [1.82, 2.24) is 0 Å². The summed E-state index contributed by atoms with van der Waals surface area (Å²) in [6.45, 7) is 0.753. The zero-order valence-electron chi connectivity index (χ0n) is 11.4. The Kier molecular flexibility index (Phi) is 2.61. The van der Waals surface area contributed by atoms with Crippen molar-refractivity contribution in [3.8, 4) is 22.3 Å². The van der Waals surface area contributed by atoms with E-state index in [-0.39, 0.29) is 0 Å². The zero-order chi connectivity index (χ0) is 13.5. The van der Waals surface area contributed by atoms with E-state index in [9.17, 15) is 0 Å². The van der Waals surface area contributed by atoms with Gasteiger partial charge in [-0.25, -0.2) is 0 Å². The molecule has 2 N–H and O–H groups in total. The van der Waals surface area contributed by atoms with Crippen molar-refractivity contribution >= 4 is 10.8 Å². The Morgan fingerprint density at radius 1 is 0.700 bits per heavy atom. The van der Waals surface area contributed by atoms with Crippen LogP contribution in [0.25, 0.3) is 33.0 Å². The quantitative estimate of drug-likeness (QED) is 0.580. The molecule has 4 rings (SSSR count). The van der Waals surface area contributed by atoms with Crippen LogP contribution in [-0.4, -0.2) is 6.54 Å². The average Bonchev–Trinajstić information content (AvgIpc) is 2.83. The van der Waals surface area contributed by atoms with Gasteiger partial charge in [0.1, 0.15) is 0 Å². The van der Waals surface area contributed by atoms with E-state index in [1.807, 2.05) is 0 Å². The lowest BCUT2D eigenvalue weighted by molar-refractivity contribution is 0.837. The van der Waals surface area contributed by atoms with Gasteiger partial charge in [0.15, 0.2) is 0 Å². The number of hydrogen-bond acceptors (Lipinski definition) is 1. The van der Waals surface area contributed by atoms with Gasteiger partial charge in [0.2, 0.25) is 0 Å². The van der Waals surface area contributed by atoms with Gasteiger partial charge < -0.3 is 5.73 Å². The average molecular weight is 259 g/mol. The molecule has 1 aliphatic rings. The maximum Gasteiger partial charge on any atom is -0.00236 e. The summed E-state index contributed by atoms with van der Waals surface area (Å²) < 4.78 is 0. The predicted molar refractivity (Wildman–Crippen MR) is 85.8 cm³/mol. The van der Waals surface area contributed by atoms with Crippen molar-refractivity contribution < 1.29 is 0 Å². The largest absolute Gasteiger partial charge is 0.330 e. The van der Waals surface area contributed by atoms with Crippen LogP contribution in [0.1, 0.15) is 12.0 Å². The fraction of sp³-hybridized carbons (Fsp3) is 0.158. The molecule has 20 heavy (non-hydrogen) atoms. The van der Waals surface area contributed by atoms with E-state index in [1.165, 1.54) is 38.6 Å². The summed E-state index contributed by atoms with van der Waals surface area (Å²) in [4.78, 5) is 0. The number of nitrogens with two attached hydrogens (primary N) is 1. The van der Waals surface area contributed by atoms with Crippen LogP contribution in [0.4, 0.5) is 0 Å². The van der Waals surface area contributed by atoms with E-state index in [0.717, 1.165) is 19.4 Å². The summed E-state index contributed by atoms with van der Waals surface area (Å²) in [5.41, 5.74) is 12.6. The van der Waals surface area contributed by atoms with E-state index < -0.39 is 0 Å². The van der Waals surface area contributed by atoms with Gasteiger partial charge in [-0.2, -0.15) is 0 Å². The molecule has 0 saturated carbocycles. The summed E-state index contributed by atoms with van der Waals surface area (Å²) in [6.07, 6.45) is 2.11. The van der Waals surface area contributed by atoms with Crippen LogP contribution in [0.3, 0.4) is 0 Å². The molecular formula is C19H17N. The Labute approximate surface area is 119 Å². The second kappa shape index (κ2) is 4.46. The topological polar surface area (TPSA) is 26.0 Å². The normalized spacial score (nSPS) is 11.8. The van der Waals surface area contributed by atoms with Crippen molar-refractivity contribution in [3.63, 3.8) is 0 Å². The first-order chi connectivity index (χ1) is 9.90. The van der Waals surface area contributed by atoms with E-state index in [0.29, 0.717) is 0 Å². The molecule has 0 aromatic heterocycles. The molecule has 0 heterocycles. The number of fused-ring (bicyclic) bond motifs is 3. The Balaban J connectivity index is 2.02. The maximum absolute atomic E-state index is 5.66. The van der Waals surface area contributed by atoms with Crippen LogP contribution in [0.5, 0.6) is 0 Å². The van der Waals surface area contributed by atoms with Gasteiger partial charge >= 0.3 is 0 Å². The van der Waals surface area contributed by atoms with Crippen molar-refractivity contribution in [2.75, 3.05) is 6.54 Å². The van der Waals surface area contributed by atoms with Crippen LogP contribution in [0.15, 0.2) is 54.6 Å². The first-order valence-corrected chi connectivity index (χ1v) is 7.24. The first kappa shape index (κ1) is 11.7. The second-order valence-corrected chi connectivity index (χ2v) is 5.44. The first-order valence-electron chi connectivity index (χ1n) is 7.24. The Morgan fingerprint density at radius 2 is 1.40 bits per heavy atom. The van der Waals surface area contributed by atoms with Crippen LogP contribution in [0, 0.1) is 0 Å². The third kappa shape index (κ3) is 1.53. The van der Waals surface area contributed by atoms with Crippen LogP contribution >= 0.6 is 0 Å². The molecule has 0 bridgehead atoms. The molecule has 3 aromatic rings. The fourth-order valence-corrected chi connectivity index (χ4v) is 3.38. The summed E-state index contributed by atoms with van der Waals surface area (Å²) in [7, 11) is 0. The smallest absolute Gasteiger partial charge is 0.00236 e.